The number of nitrogens with zero attached hydrogens (tertiary/aromatic N) is 1. The van der Waals surface area contributed by atoms with Gasteiger partial charge in [0.25, 0.3) is 0 Å². The summed E-state index contributed by atoms with van der Waals surface area (Å²) < 4.78 is 10.0. The highest BCUT2D eigenvalue weighted by Gasteiger charge is 2.11. The number of hydrogen-bond acceptors (Lipinski definition) is 5. The molecule has 0 aliphatic heterocycles. The number of aromatic nitrogens is 1. The summed E-state index contributed by atoms with van der Waals surface area (Å²) in [7, 11) is 1.31. The van der Waals surface area contributed by atoms with Gasteiger partial charge in [0.2, 0.25) is 5.88 Å². The zero-order chi connectivity index (χ0) is 12.8. The van der Waals surface area contributed by atoms with E-state index in [4.69, 9.17) is 10.5 Å². The Morgan fingerprint density at radius 2 is 2.18 bits per heavy atom. The maximum absolute atomic E-state index is 11.3. The lowest BCUT2D eigenvalue weighted by molar-refractivity contribution is 0.0592. The molecule has 0 radical (unpaired) electrons. The van der Waals surface area contributed by atoms with Gasteiger partial charge in [0.1, 0.15) is 0 Å². The summed E-state index contributed by atoms with van der Waals surface area (Å²) in [6.07, 6.45) is 0.906. The summed E-state index contributed by atoms with van der Waals surface area (Å²) in [5.41, 5.74) is 6.32. The van der Waals surface area contributed by atoms with Gasteiger partial charge in [-0.1, -0.05) is 13.8 Å². The van der Waals surface area contributed by atoms with Crippen molar-refractivity contribution < 1.29 is 14.3 Å². The van der Waals surface area contributed by atoms with Crippen molar-refractivity contribution in [3.8, 4) is 5.88 Å². The fraction of sp³-hybridized carbons (Fsp3) is 0.500. The van der Waals surface area contributed by atoms with Crippen LogP contribution >= 0.6 is 0 Å². The van der Waals surface area contributed by atoms with Crippen LogP contribution in [0.15, 0.2) is 12.1 Å². The lowest BCUT2D eigenvalue weighted by Gasteiger charge is -2.10. The standard InChI is InChI=1S/C12H18N2O3/c1-8(2)6-7-17-11-9(13)4-5-10(14-11)12(15)16-3/h4-5,8H,6-7,13H2,1-3H3. The fourth-order valence-corrected chi connectivity index (χ4v) is 1.18. The molecule has 1 aromatic rings. The minimum absolute atomic E-state index is 0.196. The van der Waals surface area contributed by atoms with E-state index in [-0.39, 0.29) is 11.6 Å². The van der Waals surface area contributed by atoms with Crippen LogP contribution < -0.4 is 10.5 Å². The van der Waals surface area contributed by atoms with Crippen LogP contribution in [0.2, 0.25) is 0 Å². The van der Waals surface area contributed by atoms with Crippen molar-refractivity contribution in [1.82, 2.24) is 4.98 Å². The Balaban J connectivity index is 2.73. The average Bonchev–Trinajstić information content (AvgIpc) is 2.30. The van der Waals surface area contributed by atoms with Gasteiger partial charge in [-0.2, -0.15) is 0 Å². The second kappa shape index (κ2) is 6.08. The molecule has 1 rings (SSSR count). The molecule has 5 heteroatoms. The van der Waals surface area contributed by atoms with E-state index in [0.717, 1.165) is 6.42 Å². The first-order valence-electron chi connectivity index (χ1n) is 5.52. The van der Waals surface area contributed by atoms with Gasteiger partial charge in [0, 0.05) is 0 Å². The first kappa shape index (κ1) is 13.3. The molecule has 0 unspecified atom stereocenters. The number of rotatable bonds is 5. The number of carbonyl (C=O) groups is 1. The Labute approximate surface area is 101 Å². The Hall–Kier alpha value is -1.78. The summed E-state index contributed by atoms with van der Waals surface area (Å²) in [6.45, 7) is 4.73. The number of pyridine rings is 1. The molecule has 1 heterocycles. The summed E-state index contributed by atoms with van der Waals surface area (Å²) >= 11 is 0. The van der Waals surface area contributed by atoms with Crippen LogP contribution in [0.3, 0.4) is 0 Å². The van der Waals surface area contributed by atoms with Crippen molar-refractivity contribution >= 4 is 11.7 Å². The zero-order valence-electron chi connectivity index (χ0n) is 10.4. The highest BCUT2D eigenvalue weighted by Crippen LogP contribution is 2.19. The summed E-state index contributed by atoms with van der Waals surface area (Å²) in [6, 6.07) is 3.10. The number of esters is 1. The molecule has 2 N–H and O–H groups in total. The molecule has 94 valence electrons. The number of nitrogens with two attached hydrogens (primary N) is 1. The molecule has 0 spiro atoms. The number of anilines is 1. The molecule has 0 bridgehead atoms. The third-order valence-electron chi connectivity index (χ3n) is 2.22. The first-order valence-corrected chi connectivity index (χ1v) is 5.52. The number of hydrogen-bond donors (Lipinski definition) is 1. The number of carbonyl (C=O) groups excluding carboxylic acids is 1. The Kier molecular flexibility index (Phi) is 4.75. The van der Waals surface area contributed by atoms with Gasteiger partial charge in [0.05, 0.1) is 19.4 Å². The Morgan fingerprint density at radius 1 is 1.47 bits per heavy atom. The summed E-state index contributed by atoms with van der Waals surface area (Å²) in [5, 5.41) is 0. The van der Waals surface area contributed by atoms with E-state index in [0.29, 0.717) is 18.2 Å². The van der Waals surface area contributed by atoms with Gasteiger partial charge >= 0.3 is 5.97 Å². The van der Waals surface area contributed by atoms with Crippen molar-refractivity contribution in [2.45, 2.75) is 20.3 Å². The first-order chi connectivity index (χ1) is 8.04. The predicted octanol–water partition coefficient (Wildman–Crippen LogP) is 1.88. The van der Waals surface area contributed by atoms with E-state index in [1.807, 2.05) is 0 Å². The van der Waals surface area contributed by atoms with E-state index >= 15 is 0 Å². The molecule has 1 aromatic heterocycles. The van der Waals surface area contributed by atoms with E-state index < -0.39 is 5.97 Å². The molecule has 0 aliphatic rings. The SMILES string of the molecule is COC(=O)c1ccc(N)c(OCCC(C)C)n1. The minimum atomic E-state index is -0.501. The molecule has 0 amide bonds. The highest BCUT2D eigenvalue weighted by atomic mass is 16.5. The quantitative estimate of drug-likeness (QED) is 0.793. The molecule has 0 atom stereocenters. The van der Waals surface area contributed by atoms with Crippen molar-refractivity contribution in [3.63, 3.8) is 0 Å². The van der Waals surface area contributed by atoms with Crippen LogP contribution in [0.1, 0.15) is 30.8 Å². The highest BCUT2D eigenvalue weighted by molar-refractivity contribution is 5.87. The van der Waals surface area contributed by atoms with Crippen molar-refractivity contribution in [3.05, 3.63) is 17.8 Å². The molecule has 0 fully saturated rings. The maximum Gasteiger partial charge on any atom is 0.356 e. The van der Waals surface area contributed by atoms with Crippen LogP contribution in [-0.4, -0.2) is 24.7 Å². The number of nitrogen functional groups attached to an aromatic ring is 1. The minimum Gasteiger partial charge on any atom is -0.476 e. The Morgan fingerprint density at radius 3 is 2.76 bits per heavy atom. The molecular weight excluding hydrogens is 220 g/mol. The smallest absolute Gasteiger partial charge is 0.356 e. The summed E-state index contributed by atoms with van der Waals surface area (Å²) in [4.78, 5) is 15.3. The number of ether oxygens (including phenoxy) is 2. The lowest BCUT2D eigenvalue weighted by atomic mass is 10.1. The molecule has 17 heavy (non-hydrogen) atoms. The van der Waals surface area contributed by atoms with Crippen LogP contribution in [0.25, 0.3) is 0 Å². The topological polar surface area (TPSA) is 74.4 Å². The van der Waals surface area contributed by atoms with Crippen LogP contribution in [0.5, 0.6) is 5.88 Å². The van der Waals surface area contributed by atoms with Gasteiger partial charge in [-0.25, -0.2) is 9.78 Å². The van der Waals surface area contributed by atoms with Crippen molar-refractivity contribution in [2.75, 3.05) is 19.5 Å². The third-order valence-corrected chi connectivity index (χ3v) is 2.22. The van der Waals surface area contributed by atoms with Crippen LogP contribution in [-0.2, 0) is 4.74 Å². The second-order valence-corrected chi connectivity index (χ2v) is 4.11. The van der Waals surface area contributed by atoms with E-state index in [9.17, 15) is 4.79 Å². The van der Waals surface area contributed by atoms with E-state index in [2.05, 4.69) is 23.6 Å². The monoisotopic (exact) mass is 238 g/mol. The van der Waals surface area contributed by atoms with E-state index in [1.165, 1.54) is 13.2 Å². The number of methoxy groups -OCH3 is 1. The van der Waals surface area contributed by atoms with Crippen molar-refractivity contribution in [1.29, 1.82) is 0 Å². The Bertz CT molecular complexity index is 391. The molecule has 0 saturated carbocycles. The third kappa shape index (κ3) is 3.94. The van der Waals surface area contributed by atoms with Gasteiger partial charge in [-0.15, -0.1) is 0 Å². The molecule has 5 nitrogen and oxygen atoms in total. The van der Waals surface area contributed by atoms with E-state index in [1.54, 1.807) is 6.07 Å². The summed E-state index contributed by atoms with van der Waals surface area (Å²) in [5.74, 6) is 0.326. The van der Waals surface area contributed by atoms with Gasteiger partial charge in [-0.3, -0.25) is 0 Å². The molecular formula is C12H18N2O3. The molecule has 0 aliphatic carbocycles. The second-order valence-electron chi connectivity index (χ2n) is 4.11. The van der Waals surface area contributed by atoms with Gasteiger partial charge < -0.3 is 15.2 Å². The molecule has 0 saturated heterocycles. The van der Waals surface area contributed by atoms with Crippen LogP contribution in [0.4, 0.5) is 5.69 Å². The maximum atomic E-state index is 11.3. The lowest BCUT2D eigenvalue weighted by Crippen LogP contribution is -2.09. The normalized spacial score (nSPS) is 10.4. The van der Waals surface area contributed by atoms with Crippen LogP contribution in [0, 0.1) is 5.92 Å². The predicted molar refractivity (Wildman–Crippen MR) is 64.9 cm³/mol. The van der Waals surface area contributed by atoms with Crippen molar-refractivity contribution in [2.24, 2.45) is 5.92 Å². The zero-order valence-corrected chi connectivity index (χ0v) is 10.4. The largest absolute Gasteiger partial charge is 0.476 e. The van der Waals surface area contributed by atoms with Gasteiger partial charge in [0.15, 0.2) is 5.69 Å². The fourth-order valence-electron chi connectivity index (χ4n) is 1.18. The average molecular weight is 238 g/mol. The molecule has 0 aromatic carbocycles. The van der Waals surface area contributed by atoms with Gasteiger partial charge in [-0.05, 0) is 24.5 Å².